The van der Waals surface area contributed by atoms with Crippen molar-refractivity contribution in [2.24, 2.45) is 7.05 Å². The quantitative estimate of drug-likeness (QED) is 0.721. The third kappa shape index (κ3) is 4.06. The lowest BCUT2D eigenvalue weighted by molar-refractivity contribution is 0.0697. The number of imidazole rings is 1. The van der Waals surface area contributed by atoms with Crippen LogP contribution in [-0.4, -0.2) is 62.1 Å². The molecule has 1 aliphatic heterocycles. The number of piperazine rings is 1. The molecule has 0 aliphatic carbocycles. The van der Waals surface area contributed by atoms with Crippen molar-refractivity contribution in [2.45, 2.75) is 12.6 Å². The molecule has 0 bridgehead atoms. The van der Waals surface area contributed by atoms with Crippen molar-refractivity contribution < 1.29 is 9.90 Å². The Morgan fingerprint density at radius 1 is 1.14 bits per heavy atom. The molecule has 0 radical (unpaired) electrons. The van der Waals surface area contributed by atoms with E-state index in [1.165, 1.54) is 17.8 Å². The van der Waals surface area contributed by atoms with Gasteiger partial charge in [-0.1, -0.05) is 30.3 Å². The van der Waals surface area contributed by atoms with Gasteiger partial charge in [0.2, 0.25) is 0 Å². The number of rotatable bonds is 5. The molecule has 1 atom stereocenters. The molecule has 4 rings (SSSR count). The summed E-state index contributed by atoms with van der Waals surface area (Å²) in [5, 5.41) is 9.24. The van der Waals surface area contributed by atoms with Crippen LogP contribution in [0.15, 0.2) is 54.9 Å². The minimum absolute atomic E-state index is 0.211. The molecule has 3 heterocycles. The van der Waals surface area contributed by atoms with Crippen molar-refractivity contribution in [1.82, 2.24) is 24.3 Å². The van der Waals surface area contributed by atoms with E-state index in [9.17, 15) is 9.90 Å². The van der Waals surface area contributed by atoms with Gasteiger partial charge >= 0.3 is 5.97 Å². The number of pyridine rings is 1. The first-order valence-corrected chi connectivity index (χ1v) is 9.71. The number of benzene rings is 1. The fourth-order valence-corrected chi connectivity index (χ4v) is 3.86. The smallest absolute Gasteiger partial charge is 0.335 e. The Kier molecular flexibility index (Phi) is 5.42. The maximum absolute atomic E-state index is 11.3. The average molecular weight is 391 g/mol. The summed E-state index contributed by atoms with van der Waals surface area (Å²) in [6.07, 6.45) is 3.38. The Bertz CT molecular complexity index is 1000. The van der Waals surface area contributed by atoms with E-state index in [1.807, 2.05) is 23.9 Å². The van der Waals surface area contributed by atoms with E-state index in [4.69, 9.17) is 0 Å². The maximum atomic E-state index is 11.3. The predicted octanol–water partition coefficient (Wildman–Crippen LogP) is 2.67. The molecular formula is C22H25N5O2. The highest BCUT2D eigenvalue weighted by atomic mass is 16.4. The summed E-state index contributed by atoms with van der Waals surface area (Å²) in [7, 11) is 4.12. The predicted molar refractivity (Wildman–Crippen MR) is 110 cm³/mol. The van der Waals surface area contributed by atoms with Crippen LogP contribution >= 0.6 is 0 Å². The van der Waals surface area contributed by atoms with Crippen LogP contribution in [0.4, 0.5) is 0 Å². The molecule has 1 aliphatic rings. The van der Waals surface area contributed by atoms with E-state index in [0.717, 1.165) is 31.9 Å². The number of hydrogen-bond donors (Lipinski definition) is 1. The normalized spacial score (nSPS) is 18.1. The Morgan fingerprint density at radius 3 is 2.69 bits per heavy atom. The molecule has 150 valence electrons. The number of hydrogen-bond acceptors (Lipinski definition) is 5. The second kappa shape index (κ2) is 8.14. The molecule has 1 saturated heterocycles. The van der Waals surface area contributed by atoms with Gasteiger partial charge in [0.1, 0.15) is 5.69 Å². The summed E-state index contributed by atoms with van der Waals surface area (Å²) in [5.74, 6) is -0.292. The average Bonchev–Trinajstić information content (AvgIpc) is 3.10. The molecule has 3 aromatic rings. The molecule has 1 N–H and O–H groups in total. The first-order chi connectivity index (χ1) is 14.0. The molecule has 1 fully saturated rings. The van der Waals surface area contributed by atoms with Gasteiger partial charge in [-0.25, -0.2) is 9.78 Å². The minimum Gasteiger partial charge on any atom is -0.478 e. The molecule has 1 unspecified atom stereocenters. The SMILES string of the molecule is CN1CCN(Cc2cnc(-c3cc(C(=O)O)ccn3)n2C)C(c2ccccc2)C1. The van der Waals surface area contributed by atoms with Gasteiger partial charge in [0, 0.05) is 45.5 Å². The highest BCUT2D eigenvalue weighted by molar-refractivity contribution is 5.88. The summed E-state index contributed by atoms with van der Waals surface area (Å²) < 4.78 is 2.01. The van der Waals surface area contributed by atoms with Crippen LogP contribution < -0.4 is 0 Å². The van der Waals surface area contributed by atoms with Gasteiger partial charge in [0.25, 0.3) is 0 Å². The molecule has 0 spiro atoms. The topological polar surface area (TPSA) is 74.5 Å². The standard InChI is InChI=1S/C22H25N5O2/c1-25-10-11-27(20(15-25)16-6-4-3-5-7-16)14-18-13-24-21(26(18)2)19-12-17(22(28)29)8-9-23-19/h3-9,12-13,20H,10-11,14-15H2,1-2H3,(H,28,29). The number of aromatic nitrogens is 3. The van der Waals surface area contributed by atoms with Gasteiger partial charge in [0.15, 0.2) is 5.82 Å². The van der Waals surface area contributed by atoms with Gasteiger partial charge in [-0.2, -0.15) is 0 Å². The van der Waals surface area contributed by atoms with Crippen LogP contribution in [0, 0.1) is 0 Å². The highest BCUT2D eigenvalue weighted by Crippen LogP contribution is 2.27. The molecule has 2 aromatic heterocycles. The molecule has 0 amide bonds. The van der Waals surface area contributed by atoms with Crippen molar-refractivity contribution in [1.29, 1.82) is 0 Å². The molecule has 7 heteroatoms. The zero-order chi connectivity index (χ0) is 20.4. The summed E-state index contributed by atoms with van der Waals surface area (Å²) in [6.45, 7) is 3.76. The van der Waals surface area contributed by atoms with Crippen LogP contribution in [0.5, 0.6) is 0 Å². The summed E-state index contributed by atoms with van der Waals surface area (Å²) in [5.41, 5.74) is 3.17. The first kappa shape index (κ1) is 19.3. The third-order valence-electron chi connectivity index (χ3n) is 5.56. The van der Waals surface area contributed by atoms with Gasteiger partial charge in [-0.05, 0) is 24.7 Å². The van der Waals surface area contributed by atoms with Crippen molar-refractivity contribution in [3.63, 3.8) is 0 Å². The van der Waals surface area contributed by atoms with Crippen LogP contribution in [0.2, 0.25) is 0 Å². The van der Waals surface area contributed by atoms with Crippen molar-refractivity contribution in [3.8, 4) is 11.5 Å². The van der Waals surface area contributed by atoms with Gasteiger partial charge in [0.05, 0.1) is 17.5 Å². The monoisotopic (exact) mass is 391 g/mol. The highest BCUT2D eigenvalue weighted by Gasteiger charge is 2.27. The molecular weight excluding hydrogens is 366 g/mol. The number of nitrogens with zero attached hydrogens (tertiary/aromatic N) is 5. The summed E-state index contributed by atoms with van der Waals surface area (Å²) in [6, 6.07) is 14.0. The molecule has 7 nitrogen and oxygen atoms in total. The lowest BCUT2D eigenvalue weighted by atomic mass is 10.0. The zero-order valence-corrected chi connectivity index (χ0v) is 16.7. The molecule has 0 saturated carbocycles. The second-order valence-corrected chi connectivity index (χ2v) is 7.53. The Hall–Kier alpha value is -3.03. The summed E-state index contributed by atoms with van der Waals surface area (Å²) >= 11 is 0. The zero-order valence-electron chi connectivity index (χ0n) is 16.7. The number of carboxylic acid groups (broad SMARTS) is 1. The van der Waals surface area contributed by atoms with Gasteiger partial charge < -0.3 is 14.6 Å². The van der Waals surface area contributed by atoms with E-state index >= 15 is 0 Å². The fraction of sp³-hybridized carbons (Fsp3) is 0.318. The lowest BCUT2D eigenvalue weighted by Crippen LogP contribution is -2.46. The van der Waals surface area contributed by atoms with E-state index in [2.05, 4.69) is 51.1 Å². The number of carbonyl (C=O) groups is 1. The number of aromatic carboxylic acids is 1. The first-order valence-electron chi connectivity index (χ1n) is 9.71. The fourth-order valence-electron chi connectivity index (χ4n) is 3.86. The van der Waals surface area contributed by atoms with E-state index in [-0.39, 0.29) is 5.56 Å². The number of likely N-dealkylation sites (N-methyl/N-ethyl adjacent to an activating group) is 1. The summed E-state index contributed by atoms with van der Waals surface area (Å²) in [4.78, 5) is 25.0. The van der Waals surface area contributed by atoms with Crippen LogP contribution in [0.1, 0.15) is 27.7 Å². The number of carboxylic acids is 1. The largest absolute Gasteiger partial charge is 0.478 e. The van der Waals surface area contributed by atoms with Gasteiger partial charge in [-0.15, -0.1) is 0 Å². The van der Waals surface area contributed by atoms with E-state index in [1.54, 1.807) is 6.07 Å². The molecule has 1 aromatic carbocycles. The van der Waals surface area contributed by atoms with Crippen LogP contribution in [0.3, 0.4) is 0 Å². The lowest BCUT2D eigenvalue weighted by Gasteiger charge is -2.40. The van der Waals surface area contributed by atoms with E-state index in [0.29, 0.717) is 17.6 Å². The molecule has 29 heavy (non-hydrogen) atoms. The van der Waals surface area contributed by atoms with Crippen molar-refractivity contribution in [2.75, 3.05) is 26.7 Å². The van der Waals surface area contributed by atoms with Gasteiger partial charge in [-0.3, -0.25) is 9.88 Å². The van der Waals surface area contributed by atoms with Crippen molar-refractivity contribution in [3.05, 3.63) is 71.7 Å². The van der Waals surface area contributed by atoms with Crippen LogP contribution in [0.25, 0.3) is 11.5 Å². The van der Waals surface area contributed by atoms with Crippen LogP contribution in [-0.2, 0) is 13.6 Å². The third-order valence-corrected chi connectivity index (χ3v) is 5.56. The Morgan fingerprint density at radius 2 is 1.93 bits per heavy atom. The van der Waals surface area contributed by atoms with Crippen molar-refractivity contribution >= 4 is 5.97 Å². The van der Waals surface area contributed by atoms with E-state index < -0.39 is 5.97 Å². The Labute approximate surface area is 170 Å². The minimum atomic E-state index is -0.966. The Balaban J connectivity index is 1.59. The maximum Gasteiger partial charge on any atom is 0.335 e. The second-order valence-electron chi connectivity index (χ2n) is 7.53.